The van der Waals surface area contributed by atoms with Gasteiger partial charge in [0, 0.05) is 6.54 Å². The van der Waals surface area contributed by atoms with Crippen molar-refractivity contribution in [2.45, 2.75) is 31.8 Å². The monoisotopic (exact) mass is 247 g/mol. The number of hydrogen-bond donors (Lipinski definition) is 3. The Hall–Kier alpha value is -1.69. The molecule has 0 aliphatic heterocycles. The van der Waals surface area contributed by atoms with Crippen LogP contribution in [-0.2, 0) is 0 Å². The van der Waals surface area contributed by atoms with Gasteiger partial charge in [-0.25, -0.2) is 9.97 Å². The summed E-state index contributed by atoms with van der Waals surface area (Å²) in [5, 5.41) is 20.9. The summed E-state index contributed by atoms with van der Waals surface area (Å²) in [5.74, 6) is 1.16. The van der Waals surface area contributed by atoms with E-state index in [1.807, 2.05) is 0 Å². The van der Waals surface area contributed by atoms with Gasteiger partial charge < -0.3 is 10.4 Å². The number of H-pyrrole nitrogens is 1. The average Bonchev–Trinajstić information content (AvgIpc) is 3.05. The van der Waals surface area contributed by atoms with E-state index in [1.54, 1.807) is 6.20 Å². The highest BCUT2D eigenvalue weighted by molar-refractivity contribution is 5.85. The molecule has 0 saturated heterocycles. The van der Waals surface area contributed by atoms with E-state index in [-0.39, 0.29) is 6.10 Å². The molecule has 1 aliphatic carbocycles. The standard InChI is InChI=1S/C12H17N5O/c18-10(8-3-1-2-4-8)6-13-11-9-5-16-17-12(9)15-7-14-11/h5,7-8,10,18H,1-4,6H2,(H2,13,14,15,16,17). The minimum atomic E-state index is -0.301. The second-order valence-corrected chi connectivity index (χ2v) is 4.85. The van der Waals surface area contributed by atoms with Crippen molar-refractivity contribution in [3.63, 3.8) is 0 Å². The third-order valence-corrected chi connectivity index (χ3v) is 3.67. The average molecular weight is 247 g/mol. The maximum absolute atomic E-state index is 10.1. The lowest BCUT2D eigenvalue weighted by Gasteiger charge is -2.18. The van der Waals surface area contributed by atoms with Gasteiger partial charge in [-0.15, -0.1) is 0 Å². The zero-order valence-electron chi connectivity index (χ0n) is 10.1. The van der Waals surface area contributed by atoms with Crippen LogP contribution in [0.25, 0.3) is 11.0 Å². The van der Waals surface area contributed by atoms with Crippen molar-refractivity contribution < 1.29 is 5.11 Å². The molecule has 0 radical (unpaired) electrons. The van der Waals surface area contributed by atoms with E-state index >= 15 is 0 Å². The Morgan fingerprint density at radius 2 is 2.22 bits per heavy atom. The van der Waals surface area contributed by atoms with Gasteiger partial charge in [-0.05, 0) is 18.8 Å². The summed E-state index contributed by atoms with van der Waals surface area (Å²) in [7, 11) is 0. The minimum absolute atomic E-state index is 0.301. The van der Waals surface area contributed by atoms with Crippen molar-refractivity contribution >= 4 is 16.9 Å². The molecule has 3 N–H and O–H groups in total. The number of nitrogens with one attached hydrogen (secondary N) is 2. The predicted octanol–water partition coefficient (Wildman–Crippen LogP) is 1.32. The first-order valence-electron chi connectivity index (χ1n) is 6.40. The van der Waals surface area contributed by atoms with Crippen LogP contribution in [0.4, 0.5) is 5.82 Å². The van der Waals surface area contributed by atoms with Crippen molar-refractivity contribution in [3.8, 4) is 0 Å². The Balaban J connectivity index is 1.67. The van der Waals surface area contributed by atoms with Crippen LogP contribution in [0.3, 0.4) is 0 Å². The summed E-state index contributed by atoms with van der Waals surface area (Å²) in [5.41, 5.74) is 0.711. The zero-order valence-corrected chi connectivity index (χ0v) is 10.1. The molecule has 0 spiro atoms. The molecule has 1 aliphatic rings. The van der Waals surface area contributed by atoms with Crippen LogP contribution in [0, 0.1) is 5.92 Å². The van der Waals surface area contributed by atoms with E-state index in [9.17, 15) is 5.11 Å². The van der Waals surface area contributed by atoms with Crippen LogP contribution in [0.1, 0.15) is 25.7 Å². The molecule has 96 valence electrons. The van der Waals surface area contributed by atoms with Gasteiger partial charge in [0.2, 0.25) is 0 Å². The number of hydrogen-bond acceptors (Lipinski definition) is 5. The van der Waals surface area contributed by atoms with Gasteiger partial charge in [-0.3, -0.25) is 5.10 Å². The van der Waals surface area contributed by atoms with E-state index in [0.29, 0.717) is 18.1 Å². The summed E-state index contributed by atoms with van der Waals surface area (Å²) in [6, 6.07) is 0. The lowest BCUT2D eigenvalue weighted by molar-refractivity contribution is 0.123. The number of aromatic nitrogens is 4. The molecule has 1 saturated carbocycles. The topological polar surface area (TPSA) is 86.7 Å². The maximum atomic E-state index is 10.1. The first-order valence-corrected chi connectivity index (χ1v) is 6.40. The Kier molecular flexibility index (Phi) is 3.10. The SMILES string of the molecule is OC(CNc1ncnc2[nH]ncc12)C1CCCC1. The number of nitrogens with zero attached hydrogens (tertiary/aromatic N) is 3. The Labute approximate surface area is 105 Å². The third-order valence-electron chi connectivity index (χ3n) is 3.67. The molecular weight excluding hydrogens is 230 g/mol. The van der Waals surface area contributed by atoms with Gasteiger partial charge in [0.15, 0.2) is 5.65 Å². The first kappa shape index (κ1) is 11.4. The van der Waals surface area contributed by atoms with Crippen molar-refractivity contribution in [1.82, 2.24) is 20.2 Å². The van der Waals surface area contributed by atoms with Crippen LogP contribution in [0.2, 0.25) is 0 Å². The highest BCUT2D eigenvalue weighted by Gasteiger charge is 2.23. The summed E-state index contributed by atoms with van der Waals surface area (Å²) < 4.78 is 0. The molecule has 2 heterocycles. The summed E-state index contributed by atoms with van der Waals surface area (Å²) in [6.45, 7) is 0.530. The number of aliphatic hydroxyl groups excluding tert-OH is 1. The number of rotatable bonds is 4. The van der Waals surface area contributed by atoms with E-state index < -0.39 is 0 Å². The third kappa shape index (κ3) is 2.15. The highest BCUT2D eigenvalue weighted by atomic mass is 16.3. The normalized spacial score (nSPS) is 18.3. The molecule has 2 aromatic heterocycles. The molecule has 18 heavy (non-hydrogen) atoms. The molecule has 0 amide bonds. The largest absolute Gasteiger partial charge is 0.391 e. The van der Waals surface area contributed by atoms with Crippen LogP contribution in [0.5, 0.6) is 0 Å². The number of fused-ring (bicyclic) bond motifs is 1. The molecule has 1 atom stereocenters. The zero-order chi connectivity index (χ0) is 12.4. The minimum Gasteiger partial charge on any atom is -0.391 e. The molecule has 2 aromatic rings. The fraction of sp³-hybridized carbons (Fsp3) is 0.583. The fourth-order valence-corrected chi connectivity index (χ4v) is 2.62. The van der Waals surface area contributed by atoms with Crippen LogP contribution in [0.15, 0.2) is 12.5 Å². The molecule has 1 fully saturated rings. The van der Waals surface area contributed by atoms with Crippen LogP contribution in [-0.4, -0.2) is 37.9 Å². The molecule has 0 aromatic carbocycles. The van der Waals surface area contributed by atoms with Gasteiger partial charge in [0.25, 0.3) is 0 Å². The molecule has 3 rings (SSSR count). The molecule has 6 nitrogen and oxygen atoms in total. The van der Waals surface area contributed by atoms with Gasteiger partial charge in [0.1, 0.15) is 12.1 Å². The van der Waals surface area contributed by atoms with E-state index in [1.165, 1.54) is 19.2 Å². The number of aromatic amines is 1. The lowest BCUT2D eigenvalue weighted by atomic mass is 10.0. The van der Waals surface area contributed by atoms with E-state index in [2.05, 4.69) is 25.5 Å². The molecule has 1 unspecified atom stereocenters. The van der Waals surface area contributed by atoms with E-state index in [0.717, 1.165) is 24.0 Å². The quantitative estimate of drug-likeness (QED) is 0.758. The lowest BCUT2D eigenvalue weighted by Crippen LogP contribution is -2.27. The highest BCUT2D eigenvalue weighted by Crippen LogP contribution is 2.28. The Morgan fingerprint density at radius 3 is 3.06 bits per heavy atom. The molecular formula is C12H17N5O. The fourth-order valence-electron chi connectivity index (χ4n) is 2.62. The van der Waals surface area contributed by atoms with E-state index in [4.69, 9.17) is 0 Å². The number of anilines is 1. The predicted molar refractivity (Wildman–Crippen MR) is 68.1 cm³/mol. The second kappa shape index (κ2) is 4.89. The molecule has 6 heteroatoms. The van der Waals surface area contributed by atoms with Crippen LogP contribution < -0.4 is 5.32 Å². The van der Waals surface area contributed by atoms with Crippen molar-refractivity contribution in [2.24, 2.45) is 5.92 Å². The maximum Gasteiger partial charge on any atom is 0.160 e. The van der Waals surface area contributed by atoms with Crippen molar-refractivity contribution in [3.05, 3.63) is 12.5 Å². The summed E-state index contributed by atoms with van der Waals surface area (Å²) in [4.78, 5) is 8.26. The first-order chi connectivity index (χ1) is 8.84. The van der Waals surface area contributed by atoms with Crippen molar-refractivity contribution in [1.29, 1.82) is 0 Å². The smallest absolute Gasteiger partial charge is 0.160 e. The van der Waals surface area contributed by atoms with Gasteiger partial charge in [0.05, 0.1) is 17.7 Å². The molecule has 0 bridgehead atoms. The van der Waals surface area contributed by atoms with Gasteiger partial charge in [-0.2, -0.15) is 5.10 Å². The van der Waals surface area contributed by atoms with Gasteiger partial charge >= 0.3 is 0 Å². The summed E-state index contributed by atoms with van der Waals surface area (Å²) in [6.07, 6.45) is 7.62. The van der Waals surface area contributed by atoms with Crippen LogP contribution >= 0.6 is 0 Å². The number of aliphatic hydroxyl groups is 1. The Morgan fingerprint density at radius 1 is 1.39 bits per heavy atom. The van der Waals surface area contributed by atoms with Gasteiger partial charge in [-0.1, -0.05) is 12.8 Å². The summed E-state index contributed by atoms with van der Waals surface area (Å²) >= 11 is 0. The second-order valence-electron chi connectivity index (χ2n) is 4.85. The van der Waals surface area contributed by atoms with Crippen molar-refractivity contribution in [2.75, 3.05) is 11.9 Å². The Bertz CT molecular complexity index is 520.